The maximum Gasteiger partial charge on any atom is 0.262 e. The molecule has 0 amide bonds. The van der Waals surface area contributed by atoms with Gasteiger partial charge in [0, 0.05) is 13.1 Å². The first-order valence-corrected chi connectivity index (χ1v) is 8.35. The number of benzene rings is 2. The van der Waals surface area contributed by atoms with Gasteiger partial charge in [0.15, 0.2) is 0 Å². The van der Waals surface area contributed by atoms with Crippen molar-refractivity contribution in [2.45, 2.75) is 13.0 Å². The molecule has 0 N–H and O–H groups in total. The standard InChI is InChI=1S/C19H18FN3O2/c20-14-6-8-15(9-7-14)25-13-12-22-10-3-11-23-18(24)16-4-1-2-5-17(16)21-19(22)23/h1-2,4-9H,3,10-13H2. The molecule has 6 heteroatoms. The van der Waals surface area contributed by atoms with E-state index in [0.717, 1.165) is 13.0 Å². The Kier molecular flexibility index (Phi) is 4.09. The number of rotatable bonds is 4. The summed E-state index contributed by atoms with van der Waals surface area (Å²) in [5, 5.41) is 0.649. The average molecular weight is 339 g/mol. The summed E-state index contributed by atoms with van der Waals surface area (Å²) >= 11 is 0. The van der Waals surface area contributed by atoms with E-state index in [9.17, 15) is 9.18 Å². The number of hydrogen-bond acceptors (Lipinski definition) is 4. The van der Waals surface area contributed by atoms with Crippen LogP contribution >= 0.6 is 0 Å². The van der Waals surface area contributed by atoms with Gasteiger partial charge in [0.1, 0.15) is 18.2 Å². The lowest BCUT2D eigenvalue weighted by Crippen LogP contribution is -2.40. The summed E-state index contributed by atoms with van der Waals surface area (Å²) in [6, 6.07) is 13.4. The van der Waals surface area contributed by atoms with E-state index in [1.165, 1.54) is 12.1 Å². The molecule has 1 aliphatic heterocycles. The summed E-state index contributed by atoms with van der Waals surface area (Å²) in [5.74, 6) is 1.03. The van der Waals surface area contributed by atoms with E-state index in [1.807, 2.05) is 24.3 Å². The third kappa shape index (κ3) is 3.07. The SMILES string of the molecule is O=c1c2ccccc2nc2n1CCCN2CCOc1ccc(F)cc1. The van der Waals surface area contributed by atoms with E-state index in [-0.39, 0.29) is 11.4 Å². The van der Waals surface area contributed by atoms with Gasteiger partial charge in [-0.15, -0.1) is 0 Å². The molecule has 2 heterocycles. The molecule has 0 fully saturated rings. The van der Waals surface area contributed by atoms with Crippen LogP contribution in [0.4, 0.5) is 10.3 Å². The highest BCUT2D eigenvalue weighted by Gasteiger charge is 2.20. The van der Waals surface area contributed by atoms with Crippen LogP contribution in [0.25, 0.3) is 10.9 Å². The van der Waals surface area contributed by atoms with Crippen molar-refractivity contribution >= 4 is 16.9 Å². The van der Waals surface area contributed by atoms with Crippen LogP contribution in [0.15, 0.2) is 53.3 Å². The van der Waals surface area contributed by atoms with Crippen molar-refractivity contribution in [2.24, 2.45) is 0 Å². The third-order valence-electron chi connectivity index (χ3n) is 4.38. The predicted molar refractivity (Wildman–Crippen MR) is 94.7 cm³/mol. The van der Waals surface area contributed by atoms with Gasteiger partial charge in [0.2, 0.25) is 5.95 Å². The predicted octanol–water partition coefficient (Wildman–Crippen LogP) is 2.82. The monoisotopic (exact) mass is 339 g/mol. The fraction of sp³-hybridized carbons (Fsp3) is 0.263. The zero-order chi connectivity index (χ0) is 17.2. The molecule has 0 saturated heterocycles. The topological polar surface area (TPSA) is 47.4 Å². The number of halogens is 1. The fourth-order valence-corrected chi connectivity index (χ4v) is 3.14. The van der Waals surface area contributed by atoms with Crippen molar-refractivity contribution in [3.8, 4) is 5.75 Å². The lowest BCUT2D eigenvalue weighted by molar-refractivity contribution is 0.319. The third-order valence-corrected chi connectivity index (χ3v) is 4.38. The first kappa shape index (κ1) is 15.6. The molecule has 128 valence electrons. The van der Waals surface area contributed by atoms with Crippen LogP contribution in [0.5, 0.6) is 5.75 Å². The minimum atomic E-state index is -0.284. The summed E-state index contributed by atoms with van der Waals surface area (Å²) in [5.41, 5.74) is 0.717. The summed E-state index contributed by atoms with van der Waals surface area (Å²) in [4.78, 5) is 19.4. The Labute approximate surface area is 144 Å². The van der Waals surface area contributed by atoms with Crippen LogP contribution in [-0.4, -0.2) is 29.2 Å². The van der Waals surface area contributed by atoms with Gasteiger partial charge in [-0.1, -0.05) is 12.1 Å². The first-order valence-electron chi connectivity index (χ1n) is 8.35. The molecule has 1 aromatic heterocycles. The van der Waals surface area contributed by atoms with Crippen molar-refractivity contribution in [1.29, 1.82) is 0 Å². The number of para-hydroxylation sites is 1. The van der Waals surface area contributed by atoms with Gasteiger partial charge in [-0.2, -0.15) is 0 Å². The quantitative estimate of drug-likeness (QED) is 0.733. The Bertz CT molecular complexity index is 953. The number of nitrogens with zero attached hydrogens (tertiary/aromatic N) is 3. The molecule has 2 aromatic carbocycles. The Morgan fingerprint density at radius 1 is 1.08 bits per heavy atom. The molecule has 0 saturated carbocycles. The molecule has 0 bridgehead atoms. The maximum atomic E-state index is 12.9. The number of anilines is 1. The molecule has 5 nitrogen and oxygen atoms in total. The number of fused-ring (bicyclic) bond motifs is 2. The first-order chi connectivity index (χ1) is 12.2. The fourth-order valence-electron chi connectivity index (χ4n) is 3.14. The molecular formula is C19H18FN3O2. The Morgan fingerprint density at radius 2 is 1.88 bits per heavy atom. The summed E-state index contributed by atoms with van der Waals surface area (Å²) < 4.78 is 20.3. The van der Waals surface area contributed by atoms with E-state index in [4.69, 9.17) is 4.74 Å². The molecule has 4 rings (SSSR count). The lowest BCUT2D eigenvalue weighted by Gasteiger charge is -2.30. The van der Waals surface area contributed by atoms with Gasteiger partial charge in [-0.3, -0.25) is 9.36 Å². The van der Waals surface area contributed by atoms with E-state index in [2.05, 4.69) is 9.88 Å². The van der Waals surface area contributed by atoms with Gasteiger partial charge >= 0.3 is 0 Å². The van der Waals surface area contributed by atoms with Crippen molar-refractivity contribution in [3.63, 3.8) is 0 Å². The average Bonchev–Trinajstić information content (AvgIpc) is 2.64. The number of hydrogen-bond donors (Lipinski definition) is 0. The van der Waals surface area contributed by atoms with Crippen molar-refractivity contribution in [1.82, 2.24) is 9.55 Å². The van der Waals surface area contributed by atoms with Crippen LogP contribution in [0.3, 0.4) is 0 Å². The number of ether oxygens (including phenoxy) is 1. The largest absolute Gasteiger partial charge is 0.492 e. The molecule has 1 aliphatic rings. The van der Waals surface area contributed by atoms with Gasteiger partial charge in [0.05, 0.1) is 17.4 Å². The molecule has 25 heavy (non-hydrogen) atoms. The molecule has 0 unspecified atom stereocenters. The van der Waals surface area contributed by atoms with Crippen molar-refractivity contribution in [2.75, 3.05) is 24.6 Å². The maximum absolute atomic E-state index is 12.9. The second kappa shape index (κ2) is 6.55. The highest BCUT2D eigenvalue weighted by Crippen LogP contribution is 2.19. The molecule has 3 aromatic rings. The van der Waals surface area contributed by atoms with E-state index in [1.54, 1.807) is 16.7 Å². The summed E-state index contributed by atoms with van der Waals surface area (Å²) in [6.45, 7) is 2.56. The van der Waals surface area contributed by atoms with Crippen LogP contribution in [0, 0.1) is 5.82 Å². The zero-order valence-corrected chi connectivity index (χ0v) is 13.7. The van der Waals surface area contributed by atoms with Gasteiger partial charge < -0.3 is 9.64 Å². The van der Waals surface area contributed by atoms with Gasteiger partial charge in [0.25, 0.3) is 5.56 Å². The molecule has 0 spiro atoms. The van der Waals surface area contributed by atoms with Crippen molar-refractivity contribution < 1.29 is 9.13 Å². The Balaban J connectivity index is 1.55. The Hall–Kier alpha value is -2.89. The highest BCUT2D eigenvalue weighted by atomic mass is 19.1. The highest BCUT2D eigenvalue weighted by molar-refractivity contribution is 5.78. The molecule has 0 aliphatic carbocycles. The summed E-state index contributed by atoms with van der Waals surface area (Å²) in [6.07, 6.45) is 0.892. The van der Waals surface area contributed by atoms with Crippen LogP contribution in [-0.2, 0) is 6.54 Å². The minimum absolute atomic E-state index is 0.00440. The minimum Gasteiger partial charge on any atom is -0.492 e. The molecule has 0 radical (unpaired) electrons. The Morgan fingerprint density at radius 3 is 2.72 bits per heavy atom. The smallest absolute Gasteiger partial charge is 0.262 e. The van der Waals surface area contributed by atoms with Crippen LogP contribution in [0.2, 0.25) is 0 Å². The second-order valence-corrected chi connectivity index (χ2v) is 6.03. The lowest BCUT2D eigenvalue weighted by atomic mass is 10.2. The number of aromatic nitrogens is 2. The van der Waals surface area contributed by atoms with Crippen LogP contribution in [0.1, 0.15) is 6.42 Å². The van der Waals surface area contributed by atoms with Crippen molar-refractivity contribution in [3.05, 3.63) is 64.7 Å². The molecule has 0 atom stereocenters. The zero-order valence-electron chi connectivity index (χ0n) is 13.7. The second-order valence-electron chi connectivity index (χ2n) is 6.03. The normalized spacial score (nSPS) is 13.7. The van der Waals surface area contributed by atoms with Crippen LogP contribution < -0.4 is 15.2 Å². The summed E-state index contributed by atoms with van der Waals surface area (Å²) in [7, 11) is 0. The van der Waals surface area contributed by atoms with E-state index >= 15 is 0 Å². The van der Waals surface area contributed by atoms with Gasteiger partial charge in [-0.05, 0) is 42.8 Å². The van der Waals surface area contributed by atoms with Gasteiger partial charge in [-0.25, -0.2) is 9.37 Å². The van der Waals surface area contributed by atoms with E-state index in [0.29, 0.717) is 42.3 Å². The molecular weight excluding hydrogens is 321 g/mol. The van der Waals surface area contributed by atoms with E-state index < -0.39 is 0 Å².